The molecule has 3 aliphatic heterocycles. The van der Waals surface area contributed by atoms with Gasteiger partial charge in [0, 0.05) is 17.0 Å². The van der Waals surface area contributed by atoms with Crippen molar-refractivity contribution in [3.8, 4) is 11.1 Å². The maximum absolute atomic E-state index is 17.0. The highest BCUT2D eigenvalue weighted by atomic mass is 31.2. The van der Waals surface area contributed by atoms with Crippen molar-refractivity contribution in [1.82, 2.24) is 4.98 Å². The van der Waals surface area contributed by atoms with Crippen molar-refractivity contribution in [2.75, 3.05) is 9.80 Å². The monoisotopic (exact) mass is 691 g/mol. The Bertz CT molecular complexity index is 2380. The Morgan fingerprint density at radius 2 is 0.769 bits per heavy atom. The van der Waals surface area contributed by atoms with Crippen molar-refractivity contribution < 1.29 is 4.57 Å². The van der Waals surface area contributed by atoms with Gasteiger partial charge in [-0.3, -0.25) is 4.98 Å². The van der Waals surface area contributed by atoms with Crippen LogP contribution in [0.15, 0.2) is 158 Å². The molecule has 4 nitrogen and oxygen atoms in total. The minimum absolute atomic E-state index is 0.217. The summed E-state index contributed by atoms with van der Waals surface area (Å²) in [6.07, 6.45) is 1.78. The fraction of sp³-hybridized carbons (Fsp3) is 0.128. The van der Waals surface area contributed by atoms with Gasteiger partial charge in [0.2, 0.25) is 0 Å². The molecule has 0 saturated heterocycles. The fourth-order valence-electron chi connectivity index (χ4n) is 9.26. The van der Waals surface area contributed by atoms with Crippen molar-refractivity contribution in [3.63, 3.8) is 0 Å². The van der Waals surface area contributed by atoms with E-state index in [1.54, 1.807) is 6.20 Å². The topological polar surface area (TPSA) is 36.4 Å². The number of pyridine rings is 1. The zero-order valence-corrected chi connectivity index (χ0v) is 30.6. The Morgan fingerprint density at radius 1 is 0.423 bits per heavy atom. The van der Waals surface area contributed by atoms with E-state index in [1.165, 1.54) is 22.3 Å². The number of benzene rings is 6. The molecule has 0 bridgehead atoms. The van der Waals surface area contributed by atoms with Crippen molar-refractivity contribution in [3.05, 3.63) is 180 Å². The smallest absolute Gasteiger partial charge is 0.193 e. The van der Waals surface area contributed by atoms with Gasteiger partial charge in [0.25, 0.3) is 0 Å². The lowest BCUT2D eigenvalue weighted by Gasteiger charge is -2.43. The normalized spacial score (nSPS) is 16.5. The van der Waals surface area contributed by atoms with Crippen LogP contribution in [0.5, 0.6) is 0 Å². The molecule has 0 atom stereocenters. The summed E-state index contributed by atoms with van der Waals surface area (Å²) in [5, 5.41) is 1.67. The second kappa shape index (κ2) is 10.9. The molecule has 6 aromatic carbocycles. The number of fused-ring (bicyclic) bond motifs is 7. The molecular formula is C47H38N3OP. The van der Waals surface area contributed by atoms with Gasteiger partial charge in [0.15, 0.2) is 7.14 Å². The lowest BCUT2D eigenvalue weighted by atomic mass is 9.73. The molecular weight excluding hydrogens is 654 g/mol. The van der Waals surface area contributed by atoms with E-state index in [2.05, 4.69) is 171 Å². The predicted molar refractivity (Wildman–Crippen MR) is 216 cm³/mol. The molecule has 0 radical (unpaired) electrons. The van der Waals surface area contributed by atoms with Crippen LogP contribution in [0.2, 0.25) is 0 Å². The van der Waals surface area contributed by atoms with E-state index < -0.39 is 7.14 Å². The van der Waals surface area contributed by atoms with Crippen LogP contribution in [0.1, 0.15) is 49.9 Å². The van der Waals surface area contributed by atoms with E-state index in [0.717, 1.165) is 55.9 Å². The van der Waals surface area contributed by atoms with E-state index in [4.69, 9.17) is 4.98 Å². The van der Waals surface area contributed by atoms with Gasteiger partial charge in [-0.05, 0) is 81.9 Å². The molecule has 7 aromatic rings. The molecule has 52 heavy (non-hydrogen) atoms. The third-order valence-electron chi connectivity index (χ3n) is 11.7. The first-order valence-corrected chi connectivity index (χ1v) is 19.7. The first-order chi connectivity index (χ1) is 25.2. The summed E-state index contributed by atoms with van der Waals surface area (Å²) in [4.78, 5) is 9.63. The summed E-state index contributed by atoms with van der Waals surface area (Å²) in [6, 6.07) is 53.4. The lowest BCUT2D eigenvalue weighted by molar-refractivity contribution is 0.592. The second-order valence-electron chi connectivity index (χ2n) is 15.1. The predicted octanol–water partition coefficient (Wildman–Crippen LogP) is 10.9. The maximum atomic E-state index is 17.0. The number of hydrogen-bond donors (Lipinski definition) is 0. The lowest BCUT2D eigenvalue weighted by Crippen LogP contribution is -2.35. The average molecular weight is 692 g/mol. The highest BCUT2D eigenvalue weighted by molar-refractivity contribution is 7.86. The number of nitrogens with zero attached hydrogens (tertiary/aromatic N) is 3. The molecule has 0 aliphatic carbocycles. The SMILES string of the molecule is CC1(C)c2ccccc2N(c2cccc3c2P(=O)(c2ccccn2)c2c-3cccc2N2c3ccccc3C(C)(C)c3ccccc32)c2ccccc21. The fourth-order valence-corrected chi connectivity index (χ4v) is 12.5. The second-order valence-corrected chi connectivity index (χ2v) is 17.7. The highest BCUT2D eigenvalue weighted by Gasteiger charge is 2.49. The molecule has 5 heteroatoms. The largest absolute Gasteiger partial charge is 0.309 e. The van der Waals surface area contributed by atoms with Gasteiger partial charge in [-0.15, -0.1) is 0 Å². The molecule has 0 spiro atoms. The Labute approximate surface area is 305 Å². The Balaban J connectivity index is 1.30. The molecule has 252 valence electrons. The Morgan fingerprint density at radius 3 is 1.13 bits per heavy atom. The minimum atomic E-state index is -3.62. The van der Waals surface area contributed by atoms with E-state index in [9.17, 15) is 0 Å². The molecule has 10 rings (SSSR count). The molecule has 0 amide bonds. The summed E-state index contributed by atoms with van der Waals surface area (Å²) in [7, 11) is -3.62. The first-order valence-electron chi connectivity index (χ1n) is 18.0. The summed E-state index contributed by atoms with van der Waals surface area (Å²) in [5.41, 5.74) is 13.3. The van der Waals surface area contributed by atoms with Crippen LogP contribution >= 0.6 is 7.14 Å². The summed E-state index contributed by atoms with van der Waals surface area (Å²) < 4.78 is 17.0. The first kappa shape index (κ1) is 31.1. The van der Waals surface area contributed by atoms with Crippen LogP contribution in [0, 0.1) is 0 Å². The molecule has 1 aromatic heterocycles. The quantitative estimate of drug-likeness (QED) is 0.173. The van der Waals surface area contributed by atoms with E-state index in [0.29, 0.717) is 5.44 Å². The standard InChI is InChI=1S/C47H38N3OP/c1-46(2)33-19-5-9-23-37(33)49(38-24-10-6-20-34(38)46)41-27-15-17-31-32-18-16-28-42(45(32)52(51,44(31)41)43-29-13-14-30-48-43)50-39-25-11-7-21-35(39)47(3,4)36-22-8-12-26-40(36)50/h5-30H,1-4H3. The van der Waals surface area contributed by atoms with Gasteiger partial charge in [-0.2, -0.15) is 0 Å². The van der Waals surface area contributed by atoms with Gasteiger partial charge >= 0.3 is 0 Å². The van der Waals surface area contributed by atoms with Crippen LogP contribution in [0.3, 0.4) is 0 Å². The number of anilines is 6. The maximum Gasteiger partial charge on any atom is 0.193 e. The summed E-state index contributed by atoms with van der Waals surface area (Å²) in [6.45, 7) is 9.20. The number of aromatic nitrogens is 1. The summed E-state index contributed by atoms with van der Waals surface area (Å²) >= 11 is 0. The van der Waals surface area contributed by atoms with Gasteiger partial charge in [0.1, 0.15) is 5.44 Å². The Hall–Kier alpha value is -5.70. The third-order valence-corrected chi connectivity index (χ3v) is 14.8. The van der Waals surface area contributed by atoms with Crippen molar-refractivity contribution >= 4 is 57.3 Å². The number of para-hydroxylation sites is 4. The zero-order chi connectivity index (χ0) is 35.4. The van der Waals surface area contributed by atoms with Gasteiger partial charge < -0.3 is 14.4 Å². The van der Waals surface area contributed by atoms with Crippen LogP contribution in [0.4, 0.5) is 34.1 Å². The number of hydrogen-bond acceptors (Lipinski definition) is 4. The van der Waals surface area contributed by atoms with E-state index in [1.807, 2.05) is 18.2 Å². The van der Waals surface area contributed by atoms with Crippen molar-refractivity contribution in [2.45, 2.75) is 38.5 Å². The number of rotatable bonds is 3. The van der Waals surface area contributed by atoms with Crippen LogP contribution in [-0.2, 0) is 15.4 Å². The molecule has 0 N–H and O–H groups in total. The van der Waals surface area contributed by atoms with Crippen LogP contribution in [-0.4, -0.2) is 4.98 Å². The van der Waals surface area contributed by atoms with Crippen molar-refractivity contribution in [2.24, 2.45) is 0 Å². The highest BCUT2D eigenvalue weighted by Crippen LogP contribution is 2.61. The zero-order valence-electron chi connectivity index (χ0n) is 29.7. The molecule has 4 heterocycles. The van der Waals surface area contributed by atoms with E-state index >= 15 is 4.57 Å². The Kier molecular flexibility index (Phi) is 6.51. The van der Waals surface area contributed by atoms with Gasteiger partial charge in [-0.25, -0.2) is 0 Å². The van der Waals surface area contributed by atoms with Gasteiger partial charge in [-0.1, -0.05) is 131 Å². The van der Waals surface area contributed by atoms with Crippen molar-refractivity contribution in [1.29, 1.82) is 0 Å². The van der Waals surface area contributed by atoms with Crippen LogP contribution in [0.25, 0.3) is 11.1 Å². The van der Waals surface area contributed by atoms with Gasteiger partial charge in [0.05, 0.1) is 44.7 Å². The van der Waals surface area contributed by atoms with Crippen LogP contribution < -0.4 is 25.8 Å². The molecule has 0 saturated carbocycles. The minimum Gasteiger partial charge on any atom is -0.309 e. The summed E-state index contributed by atoms with van der Waals surface area (Å²) in [5.74, 6) is 0. The molecule has 0 fully saturated rings. The third kappa shape index (κ3) is 3.99. The molecule has 3 aliphatic rings. The molecule has 0 unspecified atom stereocenters. The average Bonchev–Trinajstić information content (AvgIpc) is 3.45. The van der Waals surface area contributed by atoms with E-state index in [-0.39, 0.29) is 10.8 Å².